The van der Waals surface area contributed by atoms with E-state index < -0.39 is 23.5 Å². The summed E-state index contributed by atoms with van der Waals surface area (Å²) in [6.07, 6.45) is 0.688. The lowest BCUT2D eigenvalue weighted by Gasteiger charge is -2.27. The Morgan fingerprint density at radius 1 is 1.06 bits per heavy atom. The van der Waals surface area contributed by atoms with Crippen molar-refractivity contribution >= 4 is 23.1 Å². The Bertz CT molecular complexity index is 1330. The Morgan fingerprint density at radius 3 is 2.55 bits per heavy atom. The molecule has 0 aromatic heterocycles. The number of nitrogens with zero attached hydrogens (tertiary/aromatic N) is 1. The van der Waals surface area contributed by atoms with E-state index in [1.165, 1.54) is 17.0 Å². The van der Waals surface area contributed by atoms with E-state index in [-0.39, 0.29) is 23.0 Å². The first-order valence-corrected chi connectivity index (χ1v) is 10.8. The number of aliphatic hydroxyl groups excluding tert-OH is 1. The van der Waals surface area contributed by atoms with Crippen LogP contribution in [0, 0.1) is 12.7 Å². The molecule has 3 aromatic rings. The number of anilines is 1. The molecule has 1 amide bonds. The van der Waals surface area contributed by atoms with Crippen molar-refractivity contribution in [1.82, 2.24) is 0 Å². The van der Waals surface area contributed by atoms with Crippen LogP contribution in [0.2, 0.25) is 0 Å². The largest absolute Gasteiger partial charge is 0.507 e. The molecule has 0 spiro atoms. The number of Topliss-reactive ketones (excluding diaryl/α,β-unsaturated/α-hetero) is 1. The first-order valence-electron chi connectivity index (χ1n) is 10.8. The number of aryl methyl sites for hydroxylation is 1. The summed E-state index contributed by atoms with van der Waals surface area (Å²) < 4.78 is 20.7. The number of hydrogen-bond donors (Lipinski definition) is 1. The quantitative estimate of drug-likeness (QED) is 0.348. The molecule has 1 fully saturated rings. The van der Waals surface area contributed by atoms with Crippen molar-refractivity contribution in [2.24, 2.45) is 0 Å². The third-order valence-electron chi connectivity index (χ3n) is 6.19. The van der Waals surface area contributed by atoms with E-state index in [0.29, 0.717) is 17.7 Å². The van der Waals surface area contributed by atoms with E-state index in [4.69, 9.17) is 4.74 Å². The second-order valence-corrected chi connectivity index (χ2v) is 8.43. The van der Waals surface area contributed by atoms with Crippen molar-refractivity contribution < 1.29 is 23.8 Å². The van der Waals surface area contributed by atoms with Gasteiger partial charge in [0.2, 0.25) is 0 Å². The zero-order valence-corrected chi connectivity index (χ0v) is 18.2. The Labute approximate surface area is 190 Å². The minimum absolute atomic E-state index is 0.0162. The highest BCUT2D eigenvalue weighted by molar-refractivity contribution is 6.51. The van der Waals surface area contributed by atoms with Gasteiger partial charge in [-0.2, -0.15) is 0 Å². The molecular formula is C27H22FNO4. The third kappa shape index (κ3) is 3.39. The van der Waals surface area contributed by atoms with Gasteiger partial charge in [0.1, 0.15) is 23.4 Å². The van der Waals surface area contributed by atoms with E-state index in [0.717, 1.165) is 16.9 Å². The minimum Gasteiger partial charge on any atom is -0.507 e. The Balaban J connectivity index is 1.73. The summed E-state index contributed by atoms with van der Waals surface area (Å²) in [5, 5.41) is 11.3. The standard InChI is InChI=1S/C27H22FNO4/c1-15-7-3-6-10-21(15)29-24(19-8-4-5-9-20(19)28)23(26(31)27(29)32)25(30)17-11-12-22-18(14-17)13-16(2)33-22/h3-12,14,16,24,30H,13H2,1-2H3/b25-23+. The number of carbonyl (C=O) groups excluding carboxylic acids is 2. The molecule has 0 radical (unpaired) electrons. The molecule has 0 bridgehead atoms. The van der Waals surface area contributed by atoms with Crippen molar-refractivity contribution in [2.45, 2.75) is 32.4 Å². The molecule has 6 heteroatoms. The van der Waals surface area contributed by atoms with Gasteiger partial charge in [-0.3, -0.25) is 14.5 Å². The van der Waals surface area contributed by atoms with Crippen LogP contribution in [0.15, 0.2) is 72.3 Å². The van der Waals surface area contributed by atoms with Crippen molar-refractivity contribution in [3.8, 4) is 5.75 Å². The maximum atomic E-state index is 15.0. The predicted octanol–water partition coefficient (Wildman–Crippen LogP) is 5.08. The molecule has 33 heavy (non-hydrogen) atoms. The third-order valence-corrected chi connectivity index (χ3v) is 6.19. The van der Waals surface area contributed by atoms with Gasteiger partial charge in [-0.1, -0.05) is 36.4 Å². The van der Waals surface area contributed by atoms with Crippen molar-refractivity contribution in [1.29, 1.82) is 0 Å². The maximum absolute atomic E-state index is 15.0. The average molecular weight is 443 g/mol. The van der Waals surface area contributed by atoms with Gasteiger partial charge in [0.05, 0.1) is 11.6 Å². The number of aliphatic hydroxyl groups is 1. The monoisotopic (exact) mass is 443 g/mol. The molecule has 2 aliphatic heterocycles. The fraction of sp³-hybridized carbons (Fsp3) is 0.185. The Morgan fingerprint density at radius 2 is 1.79 bits per heavy atom. The lowest BCUT2D eigenvalue weighted by atomic mass is 9.94. The molecular weight excluding hydrogens is 421 g/mol. The highest BCUT2D eigenvalue weighted by Gasteiger charge is 2.48. The number of ketones is 1. The first-order chi connectivity index (χ1) is 15.9. The van der Waals surface area contributed by atoms with Crippen LogP contribution in [0.25, 0.3) is 5.76 Å². The molecule has 0 saturated carbocycles. The van der Waals surface area contributed by atoms with E-state index >= 15 is 0 Å². The Kier molecular flexibility index (Phi) is 5.01. The molecule has 1 saturated heterocycles. The second kappa shape index (κ2) is 7.89. The topological polar surface area (TPSA) is 66.8 Å². The maximum Gasteiger partial charge on any atom is 0.300 e. The number of ether oxygens (including phenoxy) is 1. The van der Waals surface area contributed by atoms with Crippen LogP contribution in [0.4, 0.5) is 10.1 Å². The summed E-state index contributed by atoms with van der Waals surface area (Å²) in [5.41, 5.74) is 2.53. The SMILES string of the molecule is Cc1ccccc1N1C(=O)C(=O)/C(=C(/O)c2ccc3c(c2)CC(C)O3)C1c1ccccc1F. The number of rotatable bonds is 3. The van der Waals surface area contributed by atoms with Gasteiger partial charge < -0.3 is 9.84 Å². The number of hydrogen-bond acceptors (Lipinski definition) is 4. The second-order valence-electron chi connectivity index (χ2n) is 8.43. The highest BCUT2D eigenvalue weighted by Crippen LogP contribution is 2.44. The zero-order valence-electron chi connectivity index (χ0n) is 18.2. The van der Waals surface area contributed by atoms with Crippen LogP contribution in [-0.2, 0) is 16.0 Å². The number of halogens is 1. The van der Waals surface area contributed by atoms with E-state index in [2.05, 4.69) is 0 Å². The molecule has 0 aliphatic carbocycles. The van der Waals surface area contributed by atoms with Gasteiger partial charge in [0.25, 0.3) is 11.7 Å². The van der Waals surface area contributed by atoms with Crippen LogP contribution in [-0.4, -0.2) is 22.9 Å². The fourth-order valence-corrected chi connectivity index (χ4v) is 4.63. The van der Waals surface area contributed by atoms with Gasteiger partial charge in [-0.05, 0) is 55.3 Å². The zero-order chi connectivity index (χ0) is 23.3. The van der Waals surface area contributed by atoms with Crippen LogP contribution in [0.3, 0.4) is 0 Å². The summed E-state index contributed by atoms with van der Waals surface area (Å²) >= 11 is 0. The van der Waals surface area contributed by atoms with Crippen LogP contribution in [0.1, 0.15) is 35.2 Å². The van der Waals surface area contributed by atoms with Crippen molar-refractivity contribution in [3.63, 3.8) is 0 Å². The molecule has 3 aromatic carbocycles. The van der Waals surface area contributed by atoms with E-state index in [9.17, 15) is 19.1 Å². The fourth-order valence-electron chi connectivity index (χ4n) is 4.63. The van der Waals surface area contributed by atoms with Crippen LogP contribution in [0.5, 0.6) is 5.75 Å². The van der Waals surface area contributed by atoms with Crippen LogP contribution >= 0.6 is 0 Å². The molecule has 2 atom stereocenters. The molecule has 2 aliphatic rings. The van der Waals surface area contributed by atoms with Crippen LogP contribution < -0.4 is 9.64 Å². The number of carbonyl (C=O) groups is 2. The summed E-state index contributed by atoms with van der Waals surface area (Å²) in [4.78, 5) is 27.7. The number of para-hydroxylation sites is 1. The van der Waals surface area contributed by atoms with Gasteiger partial charge in [-0.15, -0.1) is 0 Å². The summed E-state index contributed by atoms with van der Waals surface area (Å²) in [6, 6.07) is 17.1. The number of amides is 1. The van der Waals surface area contributed by atoms with Gasteiger partial charge in [0, 0.05) is 23.2 Å². The lowest BCUT2D eigenvalue weighted by molar-refractivity contribution is -0.132. The highest BCUT2D eigenvalue weighted by atomic mass is 19.1. The molecule has 166 valence electrons. The minimum atomic E-state index is -1.10. The molecule has 5 nitrogen and oxygen atoms in total. The Hall–Kier alpha value is -3.93. The predicted molar refractivity (Wildman–Crippen MR) is 123 cm³/mol. The van der Waals surface area contributed by atoms with Gasteiger partial charge in [-0.25, -0.2) is 4.39 Å². The normalized spacial score (nSPS) is 21.2. The molecule has 2 heterocycles. The van der Waals surface area contributed by atoms with Crippen molar-refractivity contribution in [3.05, 3.63) is 100 Å². The molecule has 2 unspecified atom stereocenters. The summed E-state index contributed by atoms with van der Waals surface area (Å²) in [7, 11) is 0. The average Bonchev–Trinajstić information content (AvgIpc) is 3.30. The van der Waals surface area contributed by atoms with Crippen molar-refractivity contribution in [2.75, 3.05) is 4.90 Å². The summed E-state index contributed by atoms with van der Waals surface area (Å²) in [5.74, 6) is -1.83. The molecule has 5 rings (SSSR count). The van der Waals surface area contributed by atoms with E-state index in [1.807, 2.05) is 26.0 Å². The van der Waals surface area contributed by atoms with Gasteiger partial charge >= 0.3 is 0 Å². The van der Waals surface area contributed by atoms with E-state index in [1.54, 1.807) is 42.5 Å². The molecule has 1 N–H and O–H groups in total. The number of fused-ring (bicyclic) bond motifs is 1. The summed E-state index contributed by atoms with van der Waals surface area (Å²) in [6.45, 7) is 3.76. The smallest absolute Gasteiger partial charge is 0.300 e. The lowest BCUT2D eigenvalue weighted by Crippen LogP contribution is -2.30. The number of benzene rings is 3. The van der Waals surface area contributed by atoms with Gasteiger partial charge in [0.15, 0.2) is 0 Å². The first kappa shape index (κ1) is 20.9.